The maximum Gasteiger partial charge on any atom is 0.339 e. The number of rotatable bonds is 4. The van der Waals surface area contributed by atoms with Crippen LogP contribution in [0.3, 0.4) is 0 Å². The fourth-order valence-electron chi connectivity index (χ4n) is 33.4. The number of ether oxygens (including phenoxy) is 2. The van der Waals surface area contributed by atoms with Gasteiger partial charge in [-0.15, -0.1) is 0 Å². The molecule has 24 rings (SSSR count). The molecular formula is C87H105N3O5. The highest BCUT2D eigenvalue weighted by atomic mass is 16.6. The van der Waals surface area contributed by atoms with E-state index in [2.05, 4.69) is 102 Å². The number of fused-ring (bicyclic) bond motifs is 11. The van der Waals surface area contributed by atoms with Gasteiger partial charge >= 0.3 is 11.9 Å². The highest BCUT2D eigenvalue weighted by molar-refractivity contribution is 6.00. The molecule has 23 aliphatic rings. The van der Waals surface area contributed by atoms with E-state index in [1.165, 1.54) is 152 Å². The molecule has 7 saturated carbocycles. The lowest BCUT2D eigenvalue weighted by molar-refractivity contribution is -0.283. The van der Waals surface area contributed by atoms with Crippen molar-refractivity contribution in [2.45, 2.75) is 223 Å². The van der Waals surface area contributed by atoms with Gasteiger partial charge in [0.15, 0.2) is 11.4 Å². The van der Waals surface area contributed by atoms with E-state index in [9.17, 15) is 5.11 Å². The molecule has 95 heavy (non-hydrogen) atoms. The van der Waals surface area contributed by atoms with E-state index in [-0.39, 0.29) is 52.5 Å². The molecule has 8 nitrogen and oxygen atoms in total. The maximum absolute atomic E-state index is 17.8. The third-order valence-corrected chi connectivity index (χ3v) is 35.7. The lowest BCUT2D eigenvalue weighted by atomic mass is 9.26. The van der Waals surface area contributed by atoms with Gasteiger partial charge in [-0.1, -0.05) is 130 Å². The summed E-state index contributed by atoms with van der Waals surface area (Å²) in [5.41, 5.74) is 14.6. The molecule has 0 aromatic heterocycles. The van der Waals surface area contributed by atoms with Gasteiger partial charge in [-0.05, 0) is 276 Å². The summed E-state index contributed by atoms with van der Waals surface area (Å²) >= 11 is 0. The number of esters is 2. The number of carbonyl (C=O) groups excluding carboxylic acids is 2. The van der Waals surface area contributed by atoms with Gasteiger partial charge in [0.2, 0.25) is 0 Å². The summed E-state index contributed by atoms with van der Waals surface area (Å²) < 4.78 is 15.7. The first-order valence-electron chi connectivity index (χ1n) is 40.2. The van der Waals surface area contributed by atoms with Crippen LogP contribution in [-0.2, 0) is 26.3 Å². The van der Waals surface area contributed by atoms with Crippen molar-refractivity contribution >= 4 is 11.9 Å². The molecule has 8 aliphatic heterocycles. The molecule has 3 saturated heterocycles. The van der Waals surface area contributed by atoms with E-state index in [1.807, 2.05) is 0 Å². The van der Waals surface area contributed by atoms with Crippen molar-refractivity contribution in [2.24, 2.45) is 138 Å². The minimum atomic E-state index is -1.24. The van der Waals surface area contributed by atoms with Crippen LogP contribution in [0.2, 0.25) is 0 Å². The molecule has 1 aromatic rings. The van der Waals surface area contributed by atoms with Crippen LogP contribution < -0.4 is 5.73 Å². The molecule has 1 aromatic carbocycles. The maximum atomic E-state index is 17.8. The van der Waals surface area contributed by atoms with E-state index >= 15 is 9.59 Å². The van der Waals surface area contributed by atoms with E-state index in [4.69, 9.17) is 15.2 Å². The van der Waals surface area contributed by atoms with Crippen LogP contribution in [0, 0.1) is 133 Å². The second kappa shape index (κ2) is 19.0. The molecule has 498 valence electrons. The molecular weight excluding hydrogens is 1170 g/mol. The van der Waals surface area contributed by atoms with Crippen LogP contribution in [0.25, 0.3) is 0 Å². The van der Waals surface area contributed by atoms with Gasteiger partial charge in [-0.2, -0.15) is 0 Å². The van der Waals surface area contributed by atoms with E-state index in [0.717, 1.165) is 62.2 Å². The predicted octanol–water partition coefficient (Wildman–Crippen LogP) is 17.2. The number of allylic oxidation sites excluding steroid dienone is 12. The monoisotopic (exact) mass is 1270 g/mol. The number of nitrogens with two attached hydrogens (primary N) is 1. The summed E-state index contributed by atoms with van der Waals surface area (Å²) in [6, 6.07) is 7.49. The number of aliphatic hydroxyl groups is 1. The minimum absolute atomic E-state index is 0.0335. The SMILES string of the molecule is C[C@H]1C/C=C/C2=C\[C@@H]3C4=C5CC[C@@]67/C(=C(\O)C[C@H]([C@]89C=C[C@H]%10CCC[C@]%10%11CCC[C@@]%11(C8)C8(CCCC8)C9)N8C[C@H]9C[C@@H](C8)[C@@H]8C=C[C@@H]%10C[C@H]9N8C8=C%10C[C@@H]9CC=C[C@@H]3[C@@H]9[C@H]58)OC(=O)[C@@]46[C@H](C[C@H]2[C@@H]2CCC[C@]3(CC[C@H]4[C@H](C=C[C@H]43)C1)C2)[C@@]71OC(=O)c2c(CCCN)cccc21. The molecule has 10 fully saturated rings. The lowest BCUT2D eigenvalue weighted by Crippen LogP contribution is -2.78. The molecule has 27 atom stereocenters. The average Bonchev–Trinajstić information content (AvgIpc) is 1.52. The van der Waals surface area contributed by atoms with E-state index in [1.54, 1.807) is 16.8 Å². The Balaban J connectivity index is 0.808. The van der Waals surface area contributed by atoms with E-state index in [0.29, 0.717) is 130 Å². The van der Waals surface area contributed by atoms with Gasteiger partial charge < -0.3 is 25.2 Å². The number of aryl methyl sites for hydroxylation is 1. The topological polar surface area (TPSA) is 105 Å². The Labute approximate surface area is 565 Å². The quantitative estimate of drug-likeness (QED) is 0.227. The molecule has 8 heterocycles. The van der Waals surface area contributed by atoms with Crippen LogP contribution in [0.15, 0.2) is 125 Å². The minimum Gasteiger partial charge on any atom is -0.509 e. The number of hydrogen-bond acceptors (Lipinski definition) is 8. The van der Waals surface area contributed by atoms with Gasteiger partial charge in [0.25, 0.3) is 0 Å². The molecule has 8 heteroatoms. The number of benzene rings is 1. The number of piperidine rings is 2. The number of nitrogens with zero attached hydrogens (tertiary/aromatic N) is 2. The first-order chi connectivity index (χ1) is 46.4. The number of hydrogen-bond donors (Lipinski definition) is 2. The zero-order valence-electron chi connectivity index (χ0n) is 56.9. The van der Waals surface area contributed by atoms with Crippen LogP contribution >= 0.6 is 0 Å². The van der Waals surface area contributed by atoms with Gasteiger partial charge in [0.05, 0.1) is 17.0 Å². The molecule has 0 amide bonds. The Bertz CT molecular complexity index is 3920. The van der Waals surface area contributed by atoms with Gasteiger partial charge in [0.1, 0.15) is 11.2 Å². The van der Waals surface area contributed by atoms with Crippen molar-refractivity contribution in [2.75, 3.05) is 19.6 Å². The third-order valence-electron chi connectivity index (χ3n) is 35.7. The summed E-state index contributed by atoms with van der Waals surface area (Å²) in [4.78, 5) is 40.2. The van der Waals surface area contributed by atoms with Crippen molar-refractivity contribution in [1.29, 1.82) is 0 Å². The fourth-order valence-corrected chi connectivity index (χ4v) is 33.4. The molecule has 3 N–H and O–H groups in total. The van der Waals surface area contributed by atoms with Crippen molar-refractivity contribution in [3.8, 4) is 0 Å². The second-order valence-corrected chi connectivity index (χ2v) is 38.1. The summed E-state index contributed by atoms with van der Waals surface area (Å²) in [7, 11) is 0. The first-order valence-corrected chi connectivity index (χ1v) is 40.2. The van der Waals surface area contributed by atoms with Crippen LogP contribution in [0.5, 0.6) is 0 Å². The Morgan fingerprint density at radius 1 is 0.789 bits per heavy atom. The zero-order chi connectivity index (χ0) is 62.7. The summed E-state index contributed by atoms with van der Waals surface area (Å²) in [5, 5.41) is 14.9. The fraction of sp³-hybridized carbons (Fsp3) is 0.701. The largest absolute Gasteiger partial charge is 0.509 e. The standard InChI is InChI=1S/C87H105N3O5/c1-49-11-4-13-51-39-64-60-18-5-14-54-40-63-53-21-23-67-56-38-57-46-89(45-56)71(81-33-24-58-17-8-30-83(58)31-10-32-84(83,48-81)82(47-81)28-2-3-29-82)43-69(91)77-85-35-26-61(74(72(54)60)76(63)90(67)68(57)41-53)75(64)86(85,79(93)94-77)70(87(85)66-19-6-12-50(16-9-36-88)73(66)78(92)95-87)42-62(51)55-15-7-27-80(44-55)34-25-59-52(37-49)20-22-65(59)80/h4-6,12-13,18-24,33,39,49,52-60,62,64-65,67-68,70-72,74,91H,2-3,7-11,14-17,25-32,34-38,40-48,88H2,1H3/b13-4+,51-39+,77-69+/t49-,52+,53+,54-,55+,56-,57+,58+,59-,60-,62+,64-,65+,67-,68+,70-,71+,72+,74-,80-,81-,83-,84+,85+,86+,87+/m0/s1. The Kier molecular flexibility index (Phi) is 11.5. The highest BCUT2D eigenvalue weighted by Crippen LogP contribution is 2.90. The Morgan fingerprint density at radius 2 is 1.68 bits per heavy atom. The summed E-state index contributed by atoms with van der Waals surface area (Å²) in [5.74, 6) is 6.70. The molecule has 1 unspecified atom stereocenters. The average molecular weight is 1270 g/mol. The van der Waals surface area contributed by atoms with Crippen LogP contribution in [0.1, 0.15) is 215 Å². The van der Waals surface area contributed by atoms with Crippen molar-refractivity contribution in [1.82, 2.24) is 9.80 Å². The smallest absolute Gasteiger partial charge is 0.339 e. The second-order valence-electron chi connectivity index (χ2n) is 38.1. The number of carbonyl (C=O) groups is 2. The molecule has 17 bridgehead atoms. The summed E-state index contributed by atoms with van der Waals surface area (Å²) in [6.45, 7) is 5.17. The van der Waals surface area contributed by atoms with Crippen LogP contribution in [-0.4, -0.2) is 64.6 Å². The van der Waals surface area contributed by atoms with Crippen molar-refractivity contribution < 1.29 is 24.2 Å². The van der Waals surface area contributed by atoms with Gasteiger partial charge in [-0.3, -0.25) is 9.69 Å². The third kappa shape index (κ3) is 6.48. The lowest BCUT2D eigenvalue weighted by Gasteiger charge is -2.74. The summed E-state index contributed by atoms with van der Waals surface area (Å²) in [6.07, 6.45) is 65.1. The van der Waals surface area contributed by atoms with Crippen molar-refractivity contribution in [3.63, 3.8) is 0 Å². The predicted molar refractivity (Wildman–Crippen MR) is 367 cm³/mol. The Morgan fingerprint density at radius 3 is 2.60 bits per heavy atom. The Hall–Kier alpha value is -4.66. The zero-order valence-corrected chi connectivity index (χ0v) is 56.9. The first kappa shape index (κ1) is 57.1. The van der Waals surface area contributed by atoms with E-state index < -0.39 is 22.3 Å². The number of aliphatic hydroxyl groups excluding tert-OH is 1. The van der Waals surface area contributed by atoms with Crippen LogP contribution in [0.4, 0.5) is 0 Å². The molecule has 0 radical (unpaired) electrons. The van der Waals surface area contributed by atoms with Crippen molar-refractivity contribution in [3.05, 3.63) is 141 Å². The molecule has 15 aliphatic carbocycles. The molecule has 7 spiro atoms. The normalized spacial score (nSPS) is 54.4. The van der Waals surface area contributed by atoms with Gasteiger partial charge in [0, 0.05) is 71.9 Å². The highest BCUT2D eigenvalue weighted by Gasteiger charge is 2.94. The van der Waals surface area contributed by atoms with Gasteiger partial charge in [-0.25, -0.2) is 4.79 Å².